The molecule has 0 aromatic carbocycles. The maximum atomic E-state index is 9.85. The van der Waals surface area contributed by atoms with Crippen molar-refractivity contribution in [3.8, 4) is 0 Å². The lowest BCUT2D eigenvalue weighted by atomic mass is 10.5. The highest BCUT2D eigenvalue weighted by molar-refractivity contribution is 5.85. The Balaban J connectivity index is 3.46. The molecule has 0 heterocycles. The maximum Gasteiger partial charge on any atom is 0.241 e. The molecule has 0 saturated heterocycles. The van der Waals surface area contributed by atoms with E-state index >= 15 is 0 Å². The number of rotatable bonds is 2. The Kier molecular flexibility index (Phi) is 2.68. The lowest BCUT2D eigenvalue weighted by Gasteiger charge is -1.71. The Hall–Kier alpha value is -1.05. The van der Waals surface area contributed by atoms with Gasteiger partial charge in [0.05, 0.1) is 0 Å². The number of carbonyl (C=O) groups excluding carboxylic acids is 1. The molecule has 0 aliphatic carbocycles. The molecule has 0 aliphatic rings. The second-order valence-electron chi connectivity index (χ2n) is 0.997. The number of allylic oxidation sites excluding steroid dienone is 2. The Bertz CT molecular complexity index is 105. The fourth-order valence-electron chi connectivity index (χ4n) is 0.163. The van der Waals surface area contributed by atoms with Gasteiger partial charge in [0.1, 0.15) is 0 Å². The van der Waals surface area contributed by atoms with Gasteiger partial charge in [-0.25, -0.2) is 0 Å². The molecule has 0 rings (SSSR count). The van der Waals surface area contributed by atoms with Gasteiger partial charge in [-0.15, -0.1) is 0 Å². The first-order chi connectivity index (χ1) is 3.27. The standard InChI is InChI=1S/C5H7NO/c1-2-3-4-5(6)7/h2-4H,1H2,(H2,6,7)/b4-3-. The van der Waals surface area contributed by atoms with Crippen LogP contribution in [0.25, 0.3) is 0 Å². The zero-order valence-corrected chi connectivity index (χ0v) is 3.92. The van der Waals surface area contributed by atoms with Crippen LogP contribution < -0.4 is 5.73 Å². The minimum absolute atomic E-state index is 0.445. The molecule has 0 aromatic rings. The van der Waals surface area contributed by atoms with E-state index in [-0.39, 0.29) is 0 Å². The fraction of sp³-hybridized carbons (Fsp3) is 0. The normalized spacial score (nSPS) is 9.14. The second-order valence-corrected chi connectivity index (χ2v) is 0.997. The molecule has 2 N–H and O–H groups in total. The molecule has 0 unspecified atom stereocenters. The van der Waals surface area contributed by atoms with Crippen LogP contribution >= 0.6 is 0 Å². The van der Waals surface area contributed by atoms with E-state index in [9.17, 15) is 4.79 Å². The molecule has 0 radical (unpaired) electrons. The number of primary amides is 1. The smallest absolute Gasteiger partial charge is 0.241 e. The van der Waals surface area contributed by atoms with Crippen molar-refractivity contribution in [2.24, 2.45) is 5.73 Å². The van der Waals surface area contributed by atoms with Gasteiger partial charge in [-0.2, -0.15) is 0 Å². The van der Waals surface area contributed by atoms with Crippen molar-refractivity contribution in [2.45, 2.75) is 0 Å². The van der Waals surface area contributed by atoms with Gasteiger partial charge >= 0.3 is 0 Å². The van der Waals surface area contributed by atoms with Crippen molar-refractivity contribution in [3.63, 3.8) is 0 Å². The Morgan fingerprint density at radius 2 is 2.29 bits per heavy atom. The summed E-state index contributed by atoms with van der Waals surface area (Å²) < 4.78 is 0. The lowest BCUT2D eigenvalue weighted by Crippen LogP contribution is -2.04. The maximum absolute atomic E-state index is 9.85. The molecule has 38 valence electrons. The molecule has 7 heavy (non-hydrogen) atoms. The highest BCUT2D eigenvalue weighted by atomic mass is 16.1. The van der Waals surface area contributed by atoms with Crippen LogP contribution in [0, 0.1) is 0 Å². The van der Waals surface area contributed by atoms with Gasteiger partial charge in [-0.1, -0.05) is 18.7 Å². The van der Waals surface area contributed by atoms with Crippen LogP contribution in [0.2, 0.25) is 0 Å². The summed E-state index contributed by atoms with van der Waals surface area (Å²) >= 11 is 0. The quantitative estimate of drug-likeness (QED) is 0.388. The summed E-state index contributed by atoms with van der Waals surface area (Å²) in [6, 6.07) is 0. The second kappa shape index (κ2) is 3.15. The van der Waals surface area contributed by atoms with Crippen LogP contribution in [-0.2, 0) is 4.79 Å². The first kappa shape index (κ1) is 5.95. The molecule has 0 fully saturated rings. The van der Waals surface area contributed by atoms with Gasteiger partial charge < -0.3 is 5.73 Å². The molecule has 0 saturated carbocycles. The van der Waals surface area contributed by atoms with E-state index in [1.807, 2.05) is 0 Å². The van der Waals surface area contributed by atoms with Crippen molar-refractivity contribution in [3.05, 3.63) is 24.8 Å². The van der Waals surface area contributed by atoms with Crippen LogP contribution in [0.4, 0.5) is 0 Å². The van der Waals surface area contributed by atoms with E-state index < -0.39 is 5.91 Å². The minimum atomic E-state index is -0.445. The van der Waals surface area contributed by atoms with Gasteiger partial charge in [-0.3, -0.25) is 4.79 Å². The summed E-state index contributed by atoms with van der Waals surface area (Å²) in [5.41, 5.74) is 4.70. The molecule has 1 amide bonds. The third kappa shape index (κ3) is 4.95. The molecule has 0 aromatic heterocycles. The van der Waals surface area contributed by atoms with Crippen LogP contribution in [0.15, 0.2) is 24.8 Å². The number of hydrogen-bond acceptors (Lipinski definition) is 1. The fourth-order valence-corrected chi connectivity index (χ4v) is 0.163. The summed E-state index contributed by atoms with van der Waals surface area (Å²) in [6.07, 6.45) is 4.22. The van der Waals surface area contributed by atoms with Crippen molar-refractivity contribution in [1.82, 2.24) is 0 Å². The Labute approximate surface area is 42.3 Å². The first-order valence-electron chi connectivity index (χ1n) is 1.86. The van der Waals surface area contributed by atoms with E-state index in [1.54, 1.807) is 0 Å². The molecular formula is C5H7NO. The predicted molar refractivity (Wildman–Crippen MR) is 28.5 cm³/mol. The SMILES string of the molecule is C=C/C=C\C(N)=O. The van der Waals surface area contributed by atoms with E-state index in [2.05, 4.69) is 6.58 Å². The van der Waals surface area contributed by atoms with Crippen LogP contribution in [-0.4, -0.2) is 5.91 Å². The number of amides is 1. The summed E-state index contributed by atoms with van der Waals surface area (Å²) in [7, 11) is 0. The van der Waals surface area contributed by atoms with Gasteiger partial charge in [0.25, 0.3) is 0 Å². The Morgan fingerprint density at radius 1 is 1.71 bits per heavy atom. The summed E-state index contributed by atoms with van der Waals surface area (Å²) in [5.74, 6) is -0.445. The van der Waals surface area contributed by atoms with Crippen LogP contribution in [0.3, 0.4) is 0 Å². The zero-order valence-electron chi connectivity index (χ0n) is 3.92. The molecule has 0 aliphatic heterocycles. The van der Waals surface area contributed by atoms with E-state index in [1.165, 1.54) is 18.2 Å². The van der Waals surface area contributed by atoms with Gasteiger partial charge in [0, 0.05) is 6.08 Å². The van der Waals surface area contributed by atoms with Gasteiger partial charge in [0.2, 0.25) is 5.91 Å². The molecule has 0 bridgehead atoms. The highest BCUT2D eigenvalue weighted by Crippen LogP contribution is 1.67. The van der Waals surface area contributed by atoms with Gasteiger partial charge in [-0.05, 0) is 0 Å². The third-order valence-corrected chi connectivity index (χ3v) is 0.397. The highest BCUT2D eigenvalue weighted by Gasteiger charge is 1.74. The molecule has 2 nitrogen and oxygen atoms in total. The predicted octanol–water partition coefficient (Wildman–Crippen LogP) is 0.214. The number of carbonyl (C=O) groups is 1. The van der Waals surface area contributed by atoms with Crippen LogP contribution in [0.5, 0.6) is 0 Å². The van der Waals surface area contributed by atoms with Crippen molar-refractivity contribution < 1.29 is 4.79 Å². The van der Waals surface area contributed by atoms with Crippen LogP contribution in [0.1, 0.15) is 0 Å². The largest absolute Gasteiger partial charge is 0.366 e. The van der Waals surface area contributed by atoms with E-state index in [0.717, 1.165) is 0 Å². The minimum Gasteiger partial charge on any atom is -0.366 e. The number of nitrogens with two attached hydrogens (primary N) is 1. The number of hydrogen-bond donors (Lipinski definition) is 1. The average Bonchev–Trinajstić information content (AvgIpc) is 1.61. The van der Waals surface area contributed by atoms with Crippen molar-refractivity contribution >= 4 is 5.91 Å². The summed E-state index contributed by atoms with van der Waals surface area (Å²) in [5, 5.41) is 0. The van der Waals surface area contributed by atoms with Gasteiger partial charge in [0.15, 0.2) is 0 Å². The lowest BCUT2D eigenvalue weighted by molar-refractivity contribution is -0.113. The van der Waals surface area contributed by atoms with Crippen molar-refractivity contribution in [2.75, 3.05) is 0 Å². The zero-order chi connectivity index (χ0) is 5.70. The topological polar surface area (TPSA) is 43.1 Å². The molecular weight excluding hydrogens is 90.1 g/mol. The molecule has 0 spiro atoms. The Morgan fingerprint density at radius 3 is 2.43 bits per heavy atom. The van der Waals surface area contributed by atoms with E-state index in [4.69, 9.17) is 5.73 Å². The van der Waals surface area contributed by atoms with Crippen molar-refractivity contribution in [1.29, 1.82) is 0 Å². The average molecular weight is 97.1 g/mol. The molecule has 0 atom stereocenters. The summed E-state index contributed by atoms with van der Waals surface area (Å²) in [4.78, 5) is 9.85. The monoisotopic (exact) mass is 97.1 g/mol. The first-order valence-corrected chi connectivity index (χ1v) is 1.86. The van der Waals surface area contributed by atoms with E-state index in [0.29, 0.717) is 0 Å². The molecule has 2 heteroatoms. The third-order valence-electron chi connectivity index (χ3n) is 0.397. The summed E-state index contributed by atoms with van der Waals surface area (Å²) in [6.45, 7) is 3.34.